The maximum atomic E-state index is 15.0. The number of fused-ring (bicyclic) bond motifs is 7. The monoisotopic (exact) mass is 737 g/mol. The number of esters is 2. The fourth-order valence-electron chi connectivity index (χ4n) is 13.3. The molecule has 11 nitrogen and oxygen atoms in total. The third-order valence-electron chi connectivity index (χ3n) is 16.6. The summed E-state index contributed by atoms with van der Waals surface area (Å²) in [5.74, 6) is -2.42. The summed E-state index contributed by atoms with van der Waals surface area (Å²) in [6.07, 6.45) is 10.0. The average molecular weight is 738 g/mol. The van der Waals surface area contributed by atoms with Crippen LogP contribution in [-0.2, 0) is 35.3 Å². The number of rotatable bonds is 7. The highest BCUT2D eigenvalue weighted by molar-refractivity contribution is 5.96. The molecular weight excluding hydrogens is 678 g/mol. The molecule has 0 radical (unpaired) electrons. The van der Waals surface area contributed by atoms with E-state index in [1.807, 2.05) is 19.9 Å². The number of carboxylic acids is 1. The van der Waals surface area contributed by atoms with Gasteiger partial charge in [0.15, 0.2) is 23.9 Å². The number of ketones is 1. The van der Waals surface area contributed by atoms with Crippen LogP contribution in [0.2, 0.25) is 0 Å². The molecule has 292 valence electrons. The lowest BCUT2D eigenvalue weighted by Gasteiger charge is -2.70. The molecule has 1 saturated heterocycles. The molecule has 2 heterocycles. The fourth-order valence-corrected chi connectivity index (χ4v) is 13.3. The Morgan fingerprint density at radius 1 is 0.925 bits per heavy atom. The van der Waals surface area contributed by atoms with Crippen LogP contribution in [0.25, 0.3) is 0 Å². The van der Waals surface area contributed by atoms with Crippen molar-refractivity contribution in [3.8, 4) is 0 Å². The van der Waals surface area contributed by atoms with E-state index in [2.05, 4.69) is 32.6 Å². The van der Waals surface area contributed by atoms with Crippen LogP contribution in [0, 0.1) is 57.2 Å². The summed E-state index contributed by atoms with van der Waals surface area (Å²) in [7, 11) is 0. The third kappa shape index (κ3) is 5.39. The first-order valence-corrected chi connectivity index (χ1v) is 20.0. The van der Waals surface area contributed by atoms with E-state index >= 15 is 4.79 Å². The van der Waals surface area contributed by atoms with Gasteiger partial charge in [-0.2, -0.15) is 0 Å². The molecule has 5 fully saturated rings. The minimum absolute atomic E-state index is 0.0146. The Morgan fingerprint density at radius 2 is 1.64 bits per heavy atom. The highest BCUT2D eigenvalue weighted by Crippen LogP contribution is 2.75. The van der Waals surface area contributed by atoms with Crippen molar-refractivity contribution in [1.29, 1.82) is 0 Å². The molecule has 0 spiro atoms. The lowest BCUT2D eigenvalue weighted by molar-refractivity contribution is -0.213. The van der Waals surface area contributed by atoms with E-state index in [4.69, 9.17) is 18.3 Å². The summed E-state index contributed by atoms with van der Waals surface area (Å²) >= 11 is 0. The van der Waals surface area contributed by atoms with Gasteiger partial charge in [0.2, 0.25) is 0 Å². The molecule has 5 aliphatic carbocycles. The first kappa shape index (κ1) is 38.1. The second kappa shape index (κ2) is 12.7. The molecule has 1 aromatic heterocycles. The molecule has 11 atom stereocenters. The van der Waals surface area contributed by atoms with Gasteiger partial charge in [0.05, 0.1) is 17.4 Å². The maximum absolute atomic E-state index is 15.0. The first-order valence-electron chi connectivity index (χ1n) is 20.0. The number of nitrogens with zero attached hydrogens (tertiary/aromatic N) is 1. The standard InChI is InChI=1S/C42H59NO10/c1-9-50-33(45)27-11-10-20-43(27)31-13-14-39(5)30(42(31,8)35(48)51-23-29-24(2)52-36(49)53-29)12-15-41(7)32(39)28(44)21-25-26-22-38(4,34(46)47)17-16-37(26,3)18-19-40(25,41)6/h21,26-27,30-32H,9-20,22-23H2,1-8H3,(H,46,47)/t26-,27-,30+,31-,32+,37+,38-,39-,40+,41+,42-/m0/s1. The van der Waals surface area contributed by atoms with E-state index < -0.39 is 45.5 Å². The topological polar surface area (TPSA) is 154 Å². The minimum atomic E-state index is -1.11. The zero-order valence-corrected chi connectivity index (χ0v) is 32.9. The van der Waals surface area contributed by atoms with Gasteiger partial charge in [0.25, 0.3) is 0 Å². The van der Waals surface area contributed by atoms with E-state index in [1.165, 1.54) is 0 Å². The molecule has 0 amide bonds. The van der Waals surface area contributed by atoms with Gasteiger partial charge >= 0.3 is 23.7 Å². The van der Waals surface area contributed by atoms with Crippen molar-refractivity contribution in [1.82, 2.24) is 4.90 Å². The Hall–Kier alpha value is -3.21. The molecule has 1 aromatic rings. The zero-order chi connectivity index (χ0) is 38.5. The van der Waals surface area contributed by atoms with Crippen molar-refractivity contribution in [3.05, 3.63) is 33.8 Å². The Balaban J connectivity index is 1.29. The van der Waals surface area contributed by atoms with Crippen molar-refractivity contribution in [2.45, 2.75) is 145 Å². The second-order valence-electron chi connectivity index (χ2n) is 19.1. The number of carbonyl (C=O) groups is 4. The van der Waals surface area contributed by atoms with Gasteiger partial charge in [-0.15, -0.1) is 0 Å². The number of carbonyl (C=O) groups excluding carboxylic acids is 3. The van der Waals surface area contributed by atoms with Crippen molar-refractivity contribution < 1.29 is 42.6 Å². The molecule has 6 aliphatic rings. The van der Waals surface area contributed by atoms with Gasteiger partial charge in [-0.1, -0.05) is 33.3 Å². The molecular formula is C42H59NO10. The molecule has 0 aromatic carbocycles. The van der Waals surface area contributed by atoms with Gasteiger partial charge in [0.1, 0.15) is 6.04 Å². The number of ether oxygens (including phenoxy) is 2. The van der Waals surface area contributed by atoms with Crippen LogP contribution >= 0.6 is 0 Å². The first-order chi connectivity index (χ1) is 24.8. The van der Waals surface area contributed by atoms with Gasteiger partial charge in [-0.3, -0.25) is 24.1 Å². The molecule has 11 heteroatoms. The van der Waals surface area contributed by atoms with Crippen molar-refractivity contribution in [2.24, 2.45) is 50.2 Å². The predicted molar refractivity (Wildman–Crippen MR) is 193 cm³/mol. The van der Waals surface area contributed by atoms with E-state index in [9.17, 15) is 24.3 Å². The molecule has 0 unspecified atom stereocenters. The van der Waals surface area contributed by atoms with Crippen LogP contribution in [0.4, 0.5) is 0 Å². The number of hydrogen-bond donors (Lipinski definition) is 1. The summed E-state index contributed by atoms with van der Waals surface area (Å²) in [6.45, 7) is 17.0. The van der Waals surface area contributed by atoms with Gasteiger partial charge in [0, 0.05) is 12.0 Å². The number of allylic oxidation sites excluding steroid dienone is 2. The summed E-state index contributed by atoms with van der Waals surface area (Å²) in [5, 5.41) is 10.3. The number of likely N-dealkylation sites (tertiary alicyclic amines) is 1. The second-order valence-corrected chi connectivity index (χ2v) is 19.1. The van der Waals surface area contributed by atoms with E-state index in [1.54, 1.807) is 13.8 Å². The quantitative estimate of drug-likeness (QED) is 0.287. The Labute approximate surface area is 312 Å². The maximum Gasteiger partial charge on any atom is 0.519 e. The minimum Gasteiger partial charge on any atom is -0.481 e. The molecule has 4 saturated carbocycles. The zero-order valence-electron chi connectivity index (χ0n) is 32.9. The largest absolute Gasteiger partial charge is 0.519 e. The summed E-state index contributed by atoms with van der Waals surface area (Å²) in [5.41, 5.74) is -2.13. The van der Waals surface area contributed by atoms with Crippen molar-refractivity contribution in [3.63, 3.8) is 0 Å². The smallest absolute Gasteiger partial charge is 0.481 e. The third-order valence-corrected chi connectivity index (χ3v) is 16.6. The molecule has 1 aliphatic heterocycles. The van der Waals surface area contributed by atoms with Gasteiger partial charge in [-0.25, -0.2) is 4.79 Å². The fraction of sp³-hybridized carbons (Fsp3) is 0.786. The number of hydrogen-bond acceptors (Lipinski definition) is 10. The van der Waals surface area contributed by atoms with Crippen LogP contribution in [0.15, 0.2) is 25.3 Å². The van der Waals surface area contributed by atoms with Gasteiger partial charge in [-0.05, 0) is 144 Å². The van der Waals surface area contributed by atoms with Crippen LogP contribution < -0.4 is 5.82 Å². The summed E-state index contributed by atoms with van der Waals surface area (Å²) in [6, 6.07) is -0.804. The lowest BCUT2D eigenvalue weighted by atomic mass is 9.33. The van der Waals surface area contributed by atoms with Crippen LogP contribution in [0.5, 0.6) is 0 Å². The Bertz CT molecular complexity index is 1790. The SMILES string of the molecule is CCOC(=O)[C@@H]1CCCN1[C@H]1CC[C@@]2(C)[C@@H](CC[C@]3(C)[C@@H]2C(=O)C=C2[C@@H]4C[C@@](C)(C(=O)O)CC[C@]4(C)CC[C@]23C)[C@]1(C)C(=O)OCc1oc(=O)oc1C. The van der Waals surface area contributed by atoms with E-state index in [0.717, 1.165) is 37.7 Å². The van der Waals surface area contributed by atoms with Crippen molar-refractivity contribution >= 4 is 23.7 Å². The number of carboxylic acid groups (broad SMARTS) is 1. The lowest BCUT2D eigenvalue weighted by Crippen LogP contribution is -2.70. The normalized spacial score (nSPS) is 43.8. The van der Waals surface area contributed by atoms with Gasteiger partial charge < -0.3 is 23.4 Å². The predicted octanol–water partition coefficient (Wildman–Crippen LogP) is 7.03. The van der Waals surface area contributed by atoms with Crippen LogP contribution in [0.3, 0.4) is 0 Å². The van der Waals surface area contributed by atoms with Crippen molar-refractivity contribution in [2.75, 3.05) is 13.2 Å². The molecule has 1 N–H and O–H groups in total. The summed E-state index contributed by atoms with van der Waals surface area (Å²) < 4.78 is 21.8. The van der Waals surface area contributed by atoms with Crippen LogP contribution in [-0.4, -0.2) is 58.9 Å². The molecule has 7 rings (SSSR count). The molecule has 0 bridgehead atoms. The number of aliphatic carboxylic acids is 1. The number of aryl methyl sites for hydroxylation is 1. The van der Waals surface area contributed by atoms with Crippen LogP contribution in [0.1, 0.15) is 131 Å². The van der Waals surface area contributed by atoms with E-state index in [-0.39, 0.29) is 71.1 Å². The van der Waals surface area contributed by atoms with E-state index in [0.29, 0.717) is 45.1 Å². The average Bonchev–Trinajstić information content (AvgIpc) is 3.70. The highest BCUT2D eigenvalue weighted by atomic mass is 16.6. The molecule has 53 heavy (non-hydrogen) atoms. The summed E-state index contributed by atoms with van der Waals surface area (Å²) in [4.78, 5) is 69.7. The Kier molecular flexibility index (Phi) is 9.10. The Morgan fingerprint density at radius 3 is 2.30 bits per heavy atom. The highest BCUT2D eigenvalue weighted by Gasteiger charge is 2.72.